The van der Waals surface area contributed by atoms with E-state index in [9.17, 15) is 4.79 Å². The molecule has 7 nitrogen and oxygen atoms in total. The third-order valence-corrected chi connectivity index (χ3v) is 8.74. The Labute approximate surface area is 231 Å². The van der Waals surface area contributed by atoms with Crippen LogP contribution in [-0.4, -0.2) is 30.6 Å². The summed E-state index contributed by atoms with van der Waals surface area (Å²) >= 11 is 4.40. The summed E-state index contributed by atoms with van der Waals surface area (Å²) in [5.41, 5.74) is 3.51. The third kappa shape index (κ3) is 5.01. The number of carbonyl (C=O) groups is 1. The van der Waals surface area contributed by atoms with Gasteiger partial charge in [0.25, 0.3) is 5.91 Å². The van der Waals surface area contributed by atoms with E-state index in [-0.39, 0.29) is 5.91 Å². The van der Waals surface area contributed by atoms with Crippen molar-refractivity contribution in [2.24, 2.45) is 0 Å². The number of anilines is 1. The SMILES string of the molecule is Cc1nc(-c2ccccc2)sc1-c1nnc(Sc2ncc(NC(=O)c3ccccc3)s2)n1-c1ccccc1. The lowest BCUT2D eigenvalue weighted by Gasteiger charge is -2.08. The number of hydrogen-bond donors (Lipinski definition) is 1. The van der Waals surface area contributed by atoms with Crippen LogP contribution in [0.15, 0.2) is 107 Å². The molecule has 0 spiro atoms. The van der Waals surface area contributed by atoms with Crippen LogP contribution in [0.25, 0.3) is 27.0 Å². The van der Waals surface area contributed by atoms with Crippen LogP contribution in [0.2, 0.25) is 0 Å². The largest absolute Gasteiger partial charge is 0.312 e. The Morgan fingerprint density at radius 1 is 0.868 bits per heavy atom. The van der Waals surface area contributed by atoms with Gasteiger partial charge in [0.15, 0.2) is 10.2 Å². The van der Waals surface area contributed by atoms with Gasteiger partial charge in [-0.3, -0.25) is 9.36 Å². The van der Waals surface area contributed by atoms with Gasteiger partial charge in [0.2, 0.25) is 5.16 Å². The van der Waals surface area contributed by atoms with E-state index in [0.717, 1.165) is 37.0 Å². The predicted octanol–water partition coefficient (Wildman–Crippen LogP) is 7.23. The van der Waals surface area contributed by atoms with Gasteiger partial charge >= 0.3 is 0 Å². The molecule has 10 heteroatoms. The number of nitrogens with zero attached hydrogens (tertiary/aromatic N) is 5. The molecule has 0 saturated heterocycles. The molecule has 0 bridgehead atoms. The smallest absolute Gasteiger partial charge is 0.256 e. The molecule has 0 saturated carbocycles. The number of thiazole rings is 2. The van der Waals surface area contributed by atoms with E-state index in [0.29, 0.717) is 15.7 Å². The molecule has 1 N–H and O–H groups in total. The van der Waals surface area contributed by atoms with Crippen LogP contribution in [0.4, 0.5) is 5.00 Å². The highest BCUT2D eigenvalue weighted by molar-refractivity contribution is 8.01. The minimum atomic E-state index is -0.171. The van der Waals surface area contributed by atoms with Gasteiger partial charge in [0.05, 0.1) is 16.8 Å². The number of aryl methyl sites for hydroxylation is 1. The minimum absolute atomic E-state index is 0.171. The topological polar surface area (TPSA) is 85.6 Å². The quantitative estimate of drug-likeness (QED) is 0.225. The first-order chi connectivity index (χ1) is 18.7. The highest BCUT2D eigenvalue weighted by Crippen LogP contribution is 2.39. The molecule has 0 atom stereocenters. The molecule has 38 heavy (non-hydrogen) atoms. The molecule has 0 fully saturated rings. The van der Waals surface area contributed by atoms with E-state index in [1.165, 1.54) is 23.1 Å². The molecule has 6 aromatic rings. The molecule has 0 aliphatic rings. The van der Waals surface area contributed by atoms with Crippen molar-refractivity contribution in [2.75, 3.05) is 5.32 Å². The monoisotopic (exact) mass is 552 g/mol. The summed E-state index contributed by atoms with van der Waals surface area (Å²) in [7, 11) is 0. The number of benzene rings is 3. The Hall–Kier alpha value is -4.12. The summed E-state index contributed by atoms with van der Waals surface area (Å²) in [6, 6.07) is 29.3. The molecule has 186 valence electrons. The summed E-state index contributed by atoms with van der Waals surface area (Å²) in [6.07, 6.45) is 1.66. The summed E-state index contributed by atoms with van der Waals surface area (Å²) in [5, 5.41) is 14.3. The molecule has 6 rings (SSSR count). The molecule has 1 amide bonds. The Balaban J connectivity index is 1.32. The Morgan fingerprint density at radius 2 is 1.55 bits per heavy atom. The van der Waals surface area contributed by atoms with Crippen molar-refractivity contribution in [2.45, 2.75) is 16.4 Å². The number of nitrogens with one attached hydrogen (secondary N) is 1. The fourth-order valence-corrected chi connectivity index (χ4v) is 6.69. The minimum Gasteiger partial charge on any atom is -0.312 e. The van der Waals surface area contributed by atoms with E-state index >= 15 is 0 Å². The average Bonchev–Trinajstić information content (AvgIpc) is 3.69. The number of amides is 1. The summed E-state index contributed by atoms with van der Waals surface area (Å²) in [5.74, 6) is 0.556. The second-order valence-electron chi connectivity index (χ2n) is 8.19. The maximum atomic E-state index is 12.5. The lowest BCUT2D eigenvalue weighted by atomic mass is 10.2. The second-order valence-corrected chi connectivity index (χ2v) is 11.4. The maximum Gasteiger partial charge on any atom is 0.256 e. The molecule has 0 unspecified atom stereocenters. The fourth-order valence-electron chi connectivity index (χ4n) is 3.82. The second kappa shape index (κ2) is 10.7. The molecule has 0 aliphatic heterocycles. The van der Waals surface area contributed by atoms with Gasteiger partial charge in [0, 0.05) is 16.8 Å². The lowest BCUT2D eigenvalue weighted by Crippen LogP contribution is -2.10. The van der Waals surface area contributed by atoms with Crippen LogP contribution in [0.3, 0.4) is 0 Å². The third-order valence-electron chi connectivity index (χ3n) is 5.60. The van der Waals surface area contributed by atoms with Gasteiger partial charge in [-0.2, -0.15) is 0 Å². The first-order valence-corrected chi connectivity index (χ1v) is 14.1. The molecule has 0 aliphatic carbocycles. The first kappa shape index (κ1) is 24.2. The Morgan fingerprint density at radius 3 is 2.29 bits per heavy atom. The van der Waals surface area contributed by atoms with Crippen LogP contribution in [0.1, 0.15) is 16.1 Å². The van der Waals surface area contributed by atoms with E-state index in [1.54, 1.807) is 29.7 Å². The normalized spacial score (nSPS) is 11.0. The number of aromatic nitrogens is 5. The van der Waals surface area contributed by atoms with Gasteiger partial charge < -0.3 is 5.32 Å². The molecular weight excluding hydrogens is 533 g/mol. The van der Waals surface area contributed by atoms with Crippen LogP contribution in [0, 0.1) is 6.92 Å². The summed E-state index contributed by atoms with van der Waals surface area (Å²) in [4.78, 5) is 22.8. The molecule has 0 radical (unpaired) electrons. The van der Waals surface area contributed by atoms with Gasteiger partial charge in [0.1, 0.15) is 10.0 Å². The number of carbonyl (C=O) groups excluding carboxylic acids is 1. The van der Waals surface area contributed by atoms with Crippen LogP contribution >= 0.6 is 34.4 Å². The van der Waals surface area contributed by atoms with Crippen molar-refractivity contribution in [1.29, 1.82) is 0 Å². The van der Waals surface area contributed by atoms with Crippen molar-refractivity contribution < 1.29 is 4.79 Å². The van der Waals surface area contributed by atoms with Crippen molar-refractivity contribution in [3.63, 3.8) is 0 Å². The molecule has 3 heterocycles. The van der Waals surface area contributed by atoms with Crippen LogP contribution in [0.5, 0.6) is 0 Å². The van der Waals surface area contributed by atoms with Crippen molar-refractivity contribution in [1.82, 2.24) is 24.7 Å². The number of para-hydroxylation sites is 1. The van der Waals surface area contributed by atoms with Crippen molar-refractivity contribution in [3.05, 3.63) is 108 Å². The van der Waals surface area contributed by atoms with E-state index in [2.05, 4.69) is 32.6 Å². The van der Waals surface area contributed by atoms with E-state index in [1.807, 2.05) is 78.2 Å². The summed E-state index contributed by atoms with van der Waals surface area (Å²) in [6.45, 7) is 2.00. The zero-order chi connectivity index (χ0) is 25.9. The molecule has 3 aromatic carbocycles. The van der Waals surface area contributed by atoms with Gasteiger partial charge in [-0.25, -0.2) is 9.97 Å². The van der Waals surface area contributed by atoms with Crippen molar-refractivity contribution in [3.8, 4) is 27.0 Å². The Bertz CT molecular complexity index is 1690. The fraction of sp³-hybridized carbons (Fsp3) is 0.0357. The number of rotatable bonds is 7. The maximum absolute atomic E-state index is 12.5. The first-order valence-electron chi connectivity index (χ1n) is 11.7. The molecular formula is C28H20N6OS3. The van der Waals surface area contributed by atoms with Gasteiger partial charge in [-0.1, -0.05) is 78.1 Å². The van der Waals surface area contributed by atoms with E-state index < -0.39 is 0 Å². The van der Waals surface area contributed by atoms with Crippen LogP contribution in [-0.2, 0) is 0 Å². The lowest BCUT2D eigenvalue weighted by molar-refractivity contribution is 0.102. The highest BCUT2D eigenvalue weighted by atomic mass is 32.2. The molecule has 3 aromatic heterocycles. The Kier molecular flexibility index (Phi) is 6.82. The van der Waals surface area contributed by atoms with Crippen LogP contribution < -0.4 is 5.32 Å². The summed E-state index contributed by atoms with van der Waals surface area (Å²) < 4.78 is 2.78. The van der Waals surface area contributed by atoms with E-state index in [4.69, 9.17) is 4.98 Å². The predicted molar refractivity (Wildman–Crippen MR) is 153 cm³/mol. The average molecular weight is 553 g/mol. The van der Waals surface area contributed by atoms with Crippen molar-refractivity contribution >= 4 is 45.3 Å². The zero-order valence-electron chi connectivity index (χ0n) is 20.1. The van der Waals surface area contributed by atoms with Gasteiger partial charge in [-0.05, 0) is 43.0 Å². The zero-order valence-corrected chi connectivity index (χ0v) is 22.6. The standard InChI is InChI=1S/C28H20N6OS3/c1-18-23(37-26(30-18)20-13-7-3-8-14-20)24-32-33-27(34(24)21-15-9-4-10-16-21)38-28-29-17-22(36-28)31-25(35)19-11-5-2-6-12-19/h2-17H,1H3,(H,31,35). The van der Waals surface area contributed by atoms with Gasteiger partial charge in [-0.15, -0.1) is 21.5 Å². The number of hydrogen-bond acceptors (Lipinski definition) is 8. The highest BCUT2D eigenvalue weighted by Gasteiger charge is 2.22.